The second kappa shape index (κ2) is 12.2. The van der Waals surface area contributed by atoms with Crippen molar-refractivity contribution >= 4 is 46.3 Å². The van der Waals surface area contributed by atoms with Gasteiger partial charge in [0.05, 0.1) is 6.20 Å². The third kappa shape index (κ3) is 7.07. The summed E-state index contributed by atoms with van der Waals surface area (Å²) in [6.45, 7) is 4.20. The van der Waals surface area contributed by atoms with Gasteiger partial charge in [0.1, 0.15) is 6.33 Å². The normalized spacial score (nSPS) is 10.3. The Balaban J connectivity index is 0.000000302. The van der Waals surface area contributed by atoms with Crippen LogP contribution in [0, 0.1) is 11.6 Å². The first-order valence-electron chi connectivity index (χ1n) is 10.5. The largest absolute Gasteiger partial charge is 0.338 e. The van der Waals surface area contributed by atoms with Gasteiger partial charge in [-0.1, -0.05) is 61.3 Å². The predicted octanol–water partition coefficient (Wildman–Crippen LogP) is 7.15. The molecule has 0 unspecified atom stereocenters. The Morgan fingerprint density at radius 1 is 0.735 bits per heavy atom. The lowest BCUT2D eigenvalue weighted by Crippen LogP contribution is -2.03. The maximum absolute atomic E-state index is 14.0. The molecule has 2 aromatic heterocycles. The number of aryl methyl sites for hydroxylation is 2. The maximum atomic E-state index is 14.0. The minimum Gasteiger partial charge on any atom is -0.338 e. The number of rotatable bonds is 6. The molecule has 10 heteroatoms. The van der Waals surface area contributed by atoms with Crippen molar-refractivity contribution in [3.63, 3.8) is 0 Å². The summed E-state index contributed by atoms with van der Waals surface area (Å²) in [7, 11) is 0. The van der Waals surface area contributed by atoms with Crippen LogP contribution >= 0.6 is 23.2 Å². The summed E-state index contributed by atoms with van der Waals surface area (Å²) < 4.78 is 26.4. The molecule has 2 aromatic carbocycles. The summed E-state index contributed by atoms with van der Waals surface area (Å²) in [6, 6.07) is 15.9. The highest BCUT2D eigenvalue weighted by Gasteiger charge is 2.08. The highest BCUT2D eigenvalue weighted by Crippen LogP contribution is 2.21. The van der Waals surface area contributed by atoms with Gasteiger partial charge in [0.25, 0.3) is 0 Å². The molecule has 4 rings (SSSR count). The second-order valence-corrected chi connectivity index (χ2v) is 7.73. The number of hydrogen-bond acceptors (Lipinski definition) is 6. The summed E-state index contributed by atoms with van der Waals surface area (Å²) >= 11 is 10.4. The minimum absolute atomic E-state index is 0.145. The molecule has 176 valence electrons. The summed E-state index contributed by atoms with van der Waals surface area (Å²) in [6.07, 6.45) is 4.21. The molecule has 0 saturated heterocycles. The van der Waals surface area contributed by atoms with Crippen LogP contribution in [0.15, 0.2) is 61.1 Å². The molecule has 2 N–H and O–H groups in total. The molecule has 0 aliphatic heterocycles. The van der Waals surface area contributed by atoms with Crippen molar-refractivity contribution in [1.82, 2.24) is 19.9 Å². The monoisotopic (exact) mass is 502 g/mol. The molecule has 0 amide bonds. The lowest BCUT2D eigenvalue weighted by Gasteiger charge is -2.10. The van der Waals surface area contributed by atoms with E-state index in [-0.39, 0.29) is 16.1 Å². The molecule has 2 heterocycles. The fourth-order valence-electron chi connectivity index (χ4n) is 2.76. The molecule has 6 nitrogen and oxygen atoms in total. The second-order valence-electron chi connectivity index (χ2n) is 7.01. The van der Waals surface area contributed by atoms with E-state index in [1.54, 1.807) is 0 Å². The van der Waals surface area contributed by atoms with Crippen LogP contribution in [-0.4, -0.2) is 19.9 Å². The van der Waals surface area contributed by atoms with Crippen molar-refractivity contribution in [2.45, 2.75) is 26.7 Å². The molecule has 0 spiro atoms. The van der Waals surface area contributed by atoms with Gasteiger partial charge in [0, 0.05) is 11.4 Å². The van der Waals surface area contributed by atoms with Crippen LogP contribution in [0.4, 0.5) is 31.9 Å². The molecule has 0 radical (unpaired) electrons. The SMILES string of the molecule is CCc1ccc(Nc2ncc(F)c(Nc3ccc(CC)cc3)n2)cc1.Fc1c(Cl)ncnc1Cl. The number of hydrogen-bond donors (Lipinski definition) is 2. The molecular formula is C24H22Cl2F2N6. The van der Waals surface area contributed by atoms with Crippen LogP contribution in [0.1, 0.15) is 25.0 Å². The smallest absolute Gasteiger partial charge is 0.229 e. The topological polar surface area (TPSA) is 75.6 Å². The van der Waals surface area contributed by atoms with Gasteiger partial charge in [-0.2, -0.15) is 4.98 Å². The van der Waals surface area contributed by atoms with E-state index in [2.05, 4.69) is 44.4 Å². The predicted molar refractivity (Wildman–Crippen MR) is 132 cm³/mol. The standard InChI is InChI=1S/C20H21FN4.C4HCl2FN2/c1-3-14-5-9-16(10-6-14)23-19-18(21)13-22-20(25-19)24-17-11-7-15(4-2)8-12-17;5-3-2(7)4(6)9-1-8-3/h5-13H,3-4H2,1-2H3,(H2,22,23,24,25);1H. The van der Waals surface area contributed by atoms with E-state index in [9.17, 15) is 8.78 Å². The first kappa shape index (κ1) is 25.3. The fourth-order valence-corrected chi connectivity index (χ4v) is 3.07. The Morgan fingerprint density at radius 2 is 1.24 bits per heavy atom. The van der Waals surface area contributed by atoms with Gasteiger partial charge < -0.3 is 10.6 Å². The quantitative estimate of drug-likeness (QED) is 0.272. The van der Waals surface area contributed by atoms with Crippen LogP contribution in [0.25, 0.3) is 0 Å². The number of nitrogens with zero attached hydrogens (tertiary/aromatic N) is 4. The van der Waals surface area contributed by atoms with Crippen LogP contribution in [0.5, 0.6) is 0 Å². The van der Waals surface area contributed by atoms with Crippen molar-refractivity contribution in [1.29, 1.82) is 0 Å². The highest BCUT2D eigenvalue weighted by atomic mass is 35.5. The Hall–Kier alpha value is -3.36. The van der Waals surface area contributed by atoms with Crippen LogP contribution in [0.2, 0.25) is 10.3 Å². The van der Waals surface area contributed by atoms with Gasteiger partial charge in [0.15, 0.2) is 27.8 Å². The van der Waals surface area contributed by atoms with Crippen LogP contribution < -0.4 is 10.6 Å². The number of anilines is 4. The third-order valence-electron chi connectivity index (χ3n) is 4.69. The average molecular weight is 503 g/mol. The van der Waals surface area contributed by atoms with Crippen molar-refractivity contribution in [2.75, 3.05) is 10.6 Å². The van der Waals surface area contributed by atoms with Crippen molar-refractivity contribution < 1.29 is 8.78 Å². The van der Waals surface area contributed by atoms with E-state index in [0.717, 1.165) is 30.5 Å². The summed E-state index contributed by atoms with van der Waals surface area (Å²) in [5, 5.41) is 5.59. The van der Waals surface area contributed by atoms with Crippen molar-refractivity contribution in [3.8, 4) is 0 Å². The maximum Gasteiger partial charge on any atom is 0.229 e. The Labute approximate surface area is 206 Å². The Kier molecular flexibility index (Phi) is 9.07. The minimum atomic E-state index is -0.777. The fraction of sp³-hybridized carbons (Fsp3) is 0.167. The van der Waals surface area contributed by atoms with E-state index in [4.69, 9.17) is 23.2 Å². The molecule has 0 aliphatic carbocycles. The lowest BCUT2D eigenvalue weighted by atomic mass is 10.1. The van der Waals surface area contributed by atoms with E-state index in [1.165, 1.54) is 17.3 Å². The number of aromatic nitrogens is 4. The average Bonchev–Trinajstić information content (AvgIpc) is 2.86. The zero-order valence-electron chi connectivity index (χ0n) is 18.5. The van der Waals surface area contributed by atoms with E-state index < -0.39 is 11.6 Å². The number of nitrogens with one attached hydrogen (secondary N) is 2. The first-order chi connectivity index (χ1) is 16.4. The molecule has 0 saturated carbocycles. The van der Waals surface area contributed by atoms with E-state index >= 15 is 0 Å². The summed E-state index contributed by atoms with van der Waals surface area (Å²) in [4.78, 5) is 14.9. The lowest BCUT2D eigenvalue weighted by molar-refractivity contribution is 0.614. The molecule has 0 fully saturated rings. The summed E-state index contributed by atoms with van der Waals surface area (Å²) in [5.74, 6) is -0.780. The molecule has 0 bridgehead atoms. The molecule has 4 aromatic rings. The number of halogens is 4. The molecular weight excluding hydrogens is 481 g/mol. The Bertz CT molecular complexity index is 1200. The van der Waals surface area contributed by atoms with Gasteiger partial charge in [-0.15, -0.1) is 0 Å². The highest BCUT2D eigenvalue weighted by molar-refractivity contribution is 6.33. The van der Waals surface area contributed by atoms with Gasteiger partial charge in [-0.3, -0.25) is 0 Å². The zero-order chi connectivity index (χ0) is 24.5. The van der Waals surface area contributed by atoms with Gasteiger partial charge in [0.2, 0.25) is 5.95 Å². The molecule has 34 heavy (non-hydrogen) atoms. The third-order valence-corrected chi connectivity index (χ3v) is 5.22. The van der Waals surface area contributed by atoms with Gasteiger partial charge >= 0.3 is 0 Å². The van der Waals surface area contributed by atoms with Crippen LogP contribution in [-0.2, 0) is 12.8 Å². The van der Waals surface area contributed by atoms with Gasteiger partial charge in [-0.25, -0.2) is 23.7 Å². The van der Waals surface area contributed by atoms with Crippen molar-refractivity contribution in [3.05, 3.63) is 94.1 Å². The van der Waals surface area contributed by atoms with Crippen molar-refractivity contribution in [2.24, 2.45) is 0 Å². The van der Waals surface area contributed by atoms with E-state index in [1.807, 2.05) is 48.5 Å². The van der Waals surface area contributed by atoms with Gasteiger partial charge in [-0.05, 0) is 48.2 Å². The van der Waals surface area contributed by atoms with Crippen LogP contribution in [0.3, 0.4) is 0 Å². The molecule has 0 atom stereocenters. The first-order valence-corrected chi connectivity index (χ1v) is 11.2. The zero-order valence-corrected chi connectivity index (χ0v) is 20.0. The Morgan fingerprint density at radius 3 is 1.71 bits per heavy atom. The van der Waals surface area contributed by atoms with E-state index in [0.29, 0.717) is 5.95 Å². The number of benzene rings is 2. The molecule has 0 aliphatic rings. The summed E-state index contributed by atoms with van der Waals surface area (Å²) in [5.41, 5.74) is 4.13.